The van der Waals surface area contributed by atoms with Gasteiger partial charge >= 0.3 is 0 Å². The molecule has 2 heterocycles. The van der Waals surface area contributed by atoms with Crippen LogP contribution in [0.25, 0.3) is 0 Å². The van der Waals surface area contributed by atoms with Crippen LogP contribution >= 0.6 is 0 Å². The van der Waals surface area contributed by atoms with Crippen molar-refractivity contribution in [3.63, 3.8) is 0 Å². The van der Waals surface area contributed by atoms with Gasteiger partial charge in [-0.15, -0.1) is 0 Å². The lowest BCUT2D eigenvalue weighted by Crippen LogP contribution is -2.34. The first-order valence-corrected chi connectivity index (χ1v) is 10.2. The van der Waals surface area contributed by atoms with E-state index in [2.05, 4.69) is 19.1 Å². The summed E-state index contributed by atoms with van der Waals surface area (Å²) in [6.07, 6.45) is 0.229. The Morgan fingerprint density at radius 2 is 1.81 bits per heavy atom. The Morgan fingerprint density at radius 3 is 2.58 bits per heavy atom. The molecule has 0 radical (unpaired) electrons. The fourth-order valence-electron chi connectivity index (χ4n) is 4.35. The van der Waals surface area contributed by atoms with Gasteiger partial charge in [0.1, 0.15) is 11.5 Å². The maximum absolute atomic E-state index is 10.5. The molecule has 0 aliphatic carbocycles. The summed E-state index contributed by atoms with van der Waals surface area (Å²) in [7, 11) is 3.26. The fourth-order valence-corrected chi connectivity index (χ4v) is 4.35. The molecule has 158 valence electrons. The maximum atomic E-state index is 10.5. The van der Waals surface area contributed by atoms with Crippen LogP contribution in [-0.4, -0.2) is 30.0 Å². The highest BCUT2D eigenvalue weighted by Gasteiger charge is 2.42. The molecular weight excluding hydrogens is 392 g/mol. The first-order chi connectivity index (χ1) is 15.1. The third kappa shape index (κ3) is 3.15. The van der Waals surface area contributed by atoms with Gasteiger partial charge in [0.15, 0.2) is 11.5 Å². The largest absolute Gasteiger partial charge is 0.507 e. The number of nitrogens with zero attached hydrogens (tertiary/aromatic N) is 2. The van der Waals surface area contributed by atoms with E-state index < -0.39 is 6.23 Å². The zero-order valence-electron chi connectivity index (χ0n) is 17.7. The second-order valence-electron chi connectivity index (χ2n) is 7.74. The monoisotopic (exact) mass is 416 g/mol. The Hall–Kier alpha value is -3.67. The van der Waals surface area contributed by atoms with Crippen molar-refractivity contribution in [2.24, 2.45) is 5.10 Å². The molecule has 3 aromatic rings. The molecule has 0 spiro atoms. The minimum Gasteiger partial charge on any atom is -0.507 e. The highest BCUT2D eigenvalue weighted by molar-refractivity contribution is 6.04. The quantitative estimate of drug-likeness (QED) is 0.651. The summed E-state index contributed by atoms with van der Waals surface area (Å²) in [6.45, 7) is 2.07. The van der Waals surface area contributed by atoms with E-state index in [1.165, 1.54) is 0 Å². The lowest BCUT2D eigenvalue weighted by Gasteiger charge is -2.39. The average Bonchev–Trinajstić information content (AvgIpc) is 3.24. The molecule has 0 aromatic heterocycles. The van der Waals surface area contributed by atoms with E-state index in [4.69, 9.17) is 19.3 Å². The van der Waals surface area contributed by atoms with E-state index in [-0.39, 0.29) is 11.8 Å². The van der Waals surface area contributed by atoms with Gasteiger partial charge in [0.2, 0.25) is 6.23 Å². The molecule has 31 heavy (non-hydrogen) atoms. The zero-order chi connectivity index (χ0) is 21.5. The SMILES string of the molecule is COc1ccc(O)c(C2=NN3[C@@H](c4ccccc4C)Oc4c(OC)cccc4[C@@H]3C2)c1. The topological polar surface area (TPSA) is 63.5 Å². The molecule has 0 saturated heterocycles. The van der Waals surface area contributed by atoms with Crippen molar-refractivity contribution < 1.29 is 19.3 Å². The number of benzene rings is 3. The van der Waals surface area contributed by atoms with Gasteiger partial charge in [-0.05, 0) is 36.8 Å². The summed E-state index contributed by atoms with van der Waals surface area (Å²) in [5.41, 5.74) is 4.65. The molecule has 2 aliphatic heterocycles. The van der Waals surface area contributed by atoms with Gasteiger partial charge in [0.05, 0.1) is 26.0 Å². The minimum atomic E-state index is -0.403. The van der Waals surface area contributed by atoms with Crippen molar-refractivity contribution in [2.45, 2.75) is 25.6 Å². The minimum absolute atomic E-state index is 0.0379. The van der Waals surface area contributed by atoms with Crippen molar-refractivity contribution in [1.29, 1.82) is 0 Å². The molecule has 6 nitrogen and oxygen atoms in total. The van der Waals surface area contributed by atoms with Gasteiger partial charge < -0.3 is 19.3 Å². The molecule has 1 N–H and O–H groups in total. The lowest BCUT2D eigenvalue weighted by molar-refractivity contribution is -0.0212. The van der Waals surface area contributed by atoms with Crippen LogP contribution in [0.4, 0.5) is 0 Å². The van der Waals surface area contributed by atoms with Crippen LogP contribution in [0.1, 0.15) is 40.9 Å². The maximum Gasteiger partial charge on any atom is 0.214 e. The molecule has 0 unspecified atom stereocenters. The first-order valence-electron chi connectivity index (χ1n) is 10.2. The number of para-hydroxylation sites is 1. The Kier molecular flexibility index (Phi) is 4.70. The molecule has 0 saturated carbocycles. The van der Waals surface area contributed by atoms with Gasteiger partial charge in [-0.1, -0.05) is 36.4 Å². The molecular formula is C25H24N2O4. The van der Waals surface area contributed by atoms with Gasteiger partial charge in [-0.2, -0.15) is 5.10 Å². The lowest BCUT2D eigenvalue weighted by atomic mass is 9.94. The van der Waals surface area contributed by atoms with Crippen molar-refractivity contribution >= 4 is 5.71 Å². The van der Waals surface area contributed by atoms with E-state index in [1.807, 2.05) is 41.4 Å². The number of hydrogen-bond acceptors (Lipinski definition) is 6. The van der Waals surface area contributed by atoms with Crippen LogP contribution in [0.15, 0.2) is 65.8 Å². The third-order valence-corrected chi connectivity index (χ3v) is 5.97. The predicted molar refractivity (Wildman–Crippen MR) is 118 cm³/mol. The normalized spacial score (nSPS) is 19.2. The Morgan fingerprint density at radius 1 is 1.00 bits per heavy atom. The average molecular weight is 416 g/mol. The predicted octanol–water partition coefficient (Wildman–Crippen LogP) is 4.96. The third-order valence-electron chi connectivity index (χ3n) is 5.97. The van der Waals surface area contributed by atoms with Gasteiger partial charge in [-0.25, -0.2) is 5.01 Å². The number of hydrogen-bond donors (Lipinski definition) is 1. The van der Waals surface area contributed by atoms with E-state index in [0.717, 1.165) is 28.2 Å². The summed E-state index contributed by atoms with van der Waals surface area (Å²) in [5, 5.41) is 17.5. The second-order valence-corrected chi connectivity index (χ2v) is 7.74. The summed E-state index contributed by atoms with van der Waals surface area (Å²) in [5.74, 6) is 2.30. The summed E-state index contributed by atoms with van der Waals surface area (Å²) >= 11 is 0. The standard InChI is InChI=1S/C25H24N2O4/c1-15-7-4-5-8-17(15)25-27-21(18-9-6-10-23(30-3)24(18)31-25)14-20(26-27)19-13-16(29-2)11-12-22(19)28/h4-13,21,25,28H,14H2,1-3H3/t21-,25+/m0/s1. The van der Waals surface area contributed by atoms with Crippen LogP contribution in [0.3, 0.4) is 0 Å². The van der Waals surface area contributed by atoms with E-state index in [1.54, 1.807) is 26.4 Å². The summed E-state index contributed by atoms with van der Waals surface area (Å²) in [4.78, 5) is 0. The molecule has 0 amide bonds. The van der Waals surface area contributed by atoms with Crippen molar-refractivity contribution in [2.75, 3.05) is 14.2 Å². The Labute approximate surface area is 181 Å². The Bertz CT molecular complexity index is 1170. The van der Waals surface area contributed by atoms with E-state index >= 15 is 0 Å². The number of ether oxygens (including phenoxy) is 3. The number of phenols is 1. The first kappa shape index (κ1) is 19.3. The van der Waals surface area contributed by atoms with Crippen LogP contribution in [0, 0.1) is 6.92 Å². The van der Waals surface area contributed by atoms with Crippen LogP contribution in [-0.2, 0) is 0 Å². The smallest absolute Gasteiger partial charge is 0.214 e. The van der Waals surface area contributed by atoms with Gasteiger partial charge in [0.25, 0.3) is 0 Å². The number of rotatable bonds is 4. The second kappa shape index (κ2) is 7.54. The van der Waals surface area contributed by atoms with E-state index in [0.29, 0.717) is 23.5 Å². The molecule has 6 heteroatoms. The van der Waals surface area contributed by atoms with Crippen molar-refractivity contribution in [1.82, 2.24) is 5.01 Å². The number of methoxy groups -OCH3 is 2. The molecule has 2 atom stereocenters. The number of hydrazone groups is 1. The number of aryl methyl sites for hydroxylation is 1. The molecule has 0 fully saturated rings. The number of phenolic OH excluding ortho intramolecular Hbond substituents is 1. The fraction of sp³-hybridized carbons (Fsp3) is 0.240. The van der Waals surface area contributed by atoms with Crippen LogP contribution < -0.4 is 14.2 Å². The summed E-state index contributed by atoms with van der Waals surface area (Å²) < 4.78 is 17.5. The molecule has 5 rings (SSSR count). The highest BCUT2D eigenvalue weighted by Crippen LogP contribution is 2.51. The van der Waals surface area contributed by atoms with Crippen LogP contribution in [0.5, 0.6) is 23.0 Å². The highest BCUT2D eigenvalue weighted by atomic mass is 16.5. The van der Waals surface area contributed by atoms with Crippen molar-refractivity contribution in [3.8, 4) is 23.0 Å². The molecule has 3 aromatic carbocycles. The van der Waals surface area contributed by atoms with E-state index in [9.17, 15) is 5.11 Å². The molecule has 2 aliphatic rings. The van der Waals surface area contributed by atoms with Gasteiger partial charge in [-0.3, -0.25) is 0 Å². The van der Waals surface area contributed by atoms with Crippen LogP contribution in [0.2, 0.25) is 0 Å². The number of aromatic hydroxyl groups is 1. The zero-order valence-corrected chi connectivity index (χ0v) is 17.7. The number of fused-ring (bicyclic) bond motifs is 3. The summed E-state index contributed by atoms with van der Waals surface area (Å²) in [6, 6.07) is 19.2. The molecule has 0 bridgehead atoms. The van der Waals surface area contributed by atoms with Crippen molar-refractivity contribution in [3.05, 3.63) is 82.9 Å². The van der Waals surface area contributed by atoms with Gasteiger partial charge in [0, 0.05) is 23.1 Å². The Balaban J connectivity index is 1.65.